The van der Waals surface area contributed by atoms with Gasteiger partial charge in [0.1, 0.15) is 0 Å². The molecule has 10 atom stereocenters. The van der Waals surface area contributed by atoms with Crippen molar-refractivity contribution in [2.45, 2.75) is 104 Å². The lowest BCUT2D eigenvalue weighted by atomic mass is 9.44. The normalized spacial score (nSPS) is 45.3. The molecule has 5 nitrogen and oxygen atoms in total. The summed E-state index contributed by atoms with van der Waals surface area (Å²) in [6.45, 7) is 7.29. The molecule has 4 N–H and O–H groups in total. The standard InChI is InChI=1S/C27H47NO4/c1-17(4-9-25(32)28-15-20(31)16-29)22-7-8-23-21-6-5-18-14-19(30)10-12-26(18,2)24(21)11-13-27(22,23)3/h17-24,29-31H,4-16H2,1-3H3,(H,28,32)/t17-,18-,19-,20?,21+,22-,23+,24+,26+,27-/m1/s1. The van der Waals surface area contributed by atoms with Crippen LogP contribution in [0.2, 0.25) is 0 Å². The molecule has 32 heavy (non-hydrogen) atoms. The van der Waals surface area contributed by atoms with E-state index >= 15 is 0 Å². The zero-order valence-corrected chi connectivity index (χ0v) is 20.6. The lowest BCUT2D eigenvalue weighted by molar-refractivity contribution is -0.130. The molecule has 4 rings (SSSR count). The summed E-state index contributed by atoms with van der Waals surface area (Å²) in [5, 5.41) is 31.4. The Morgan fingerprint density at radius 2 is 1.75 bits per heavy atom. The Kier molecular flexibility index (Phi) is 7.30. The van der Waals surface area contributed by atoms with Gasteiger partial charge in [-0.25, -0.2) is 0 Å². The fraction of sp³-hybridized carbons (Fsp3) is 0.963. The quantitative estimate of drug-likeness (QED) is 0.475. The molecule has 4 aliphatic carbocycles. The summed E-state index contributed by atoms with van der Waals surface area (Å²) >= 11 is 0. The number of aliphatic hydroxyl groups is 3. The molecule has 0 saturated heterocycles. The highest BCUT2D eigenvalue weighted by atomic mass is 16.3. The molecule has 4 saturated carbocycles. The van der Waals surface area contributed by atoms with Gasteiger partial charge in [-0.15, -0.1) is 0 Å². The van der Waals surface area contributed by atoms with E-state index in [2.05, 4.69) is 26.1 Å². The summed E-state index contributed by atoms with van der Waals surface area (Å²) in [7, 11) is 0. The molecule has 0 aliphatic heterocycles. The van der Waals surface area contributed by atoms with E-state index in [1.165, 1.54) is 44.9 Å². The average Bonchev–Trinajstić information content (AvgIpc) is 3.13. The van der Waals surface area contributed by atoms with Crippen molar-refractivity contribution < 1.29 is 20.1 Å². The topological polar surface area (TPSA) is 89.8 Å². The number of aliphatic hydroxyl groups excluding tert-OH is 3. The molecule has 0 aromatic carbocycles. The SMILES string of the molecule is C[C@H](CCC(=O)NCC(O)CO)[C@H]1CC[C@H]2[C@@H]3CC[C@@H]4C[C@H](O)CC[C@]4(C)[C@H]3CC[C@]12C. The van der Waals surface area contributed by atoms with E-state index in [4.69, 9.17) is 5.11 Å². The molecular weight excluding hydrogens is 402 g/mol. The Hall–Kier alpha value is -0.650. The first-order chi connectivity index (χ1) is 15.2. The molecule has 0 bridgehead atoms. The third-order valence-electron chi connectivity index (χ3n) is 11.0. The first-order valence-electron chi connectivity index (χ1n) is 13.4. The minimum absolute atomic E-state index is 0.0153. The zero-order chi connectivity index (χ0) is 23.1. The van der Waals surface area contributed by atoms with E-state index in [-0.39, 0.29) is 25.2 Å². The molecule has 0 spiro atoms. The summed E-state index contributed by atoms with van der Waals surface area (Å²) in [5.41, 5.74) is 0.839. The number of rotatable bonds is 7. The van der Waals surface area contributed by atoms with Gasteiger partial charge in [0, 0.05) is 13.0 Å². The van der Waals surface area contributed by atoms with Crippen molar-refractivity contribution in [2.75, 3.05) is 13.2 Å². The second kappa shape index (κ2) is 9.54. The molecule has 0 heterocycles. The smallest absolute Gasteiger partial charge is 0.220 e. The number of nitrogens with one attached hydrogen (secondary N) is 1. The van der Waals surface area contributed by atoms with Crippen LogP contribution in [0.3, 0.4) is 0 Å². The maximum absolute atomic E-state index is 12.2. The van der Waals surface area contributed by atoms with E-state index < -0.39 is 6.10 Å². The maximum atomic E-state index is 12.2. The van der Waals surface area contributed by atoms with Crippen LogP contribution in [0.5, 0.6) is 0 Å². The van der Waals surface area contributed by atoms with Crippen LogP contribution in [0, 0.1) is 46.3 Å². The molecule has 4 aliphatic rings. The molecule has 0 radical (unpaired) electrons. The molecule has 5 heteroatoms. The van der Waals surface area contributed by atoms with E-state index in [1.807, 2.05) is 0 Å². The van der Waals surface area contributed by atoms with Crippen LogP contribution >= 0.6 is 0 Å². The molecular formula is C27H47NO4. The lowest BCUT2D eigenvalue weighted by Gasteiger charge is -2.61. The first kappa shape index (κ1) is 24.5. The molecule has 0 aromatic rings. The monoisotopic (exact) mass is 449 g/mol. The van der Waals surface area contributed by atoms with Crippen LogP contribution in [0.25, 0.3) is 0 Å². The minimum Gasteiger partial charge on any atom is -0.394 e. The lowest BCUT2D eigenvalue weighted by Crippen LogP contribution is -2.54. The van der Waals surface area contributed by atoms with Crippen molar-refractivity contribution in [3.63, 3.8) is 0 Å². The van der Waals surface area contributed by atoms with Crippen LogP contribution in [0.15, 0.2) is 0 Å². The van der Waals surface area contributed by atoms with Crippen molar-refractivity contribution in [1.82, 2.24) is 5.32 Å². The summed E-state index contributed by atoms with van der Waals surface area (Å²) < 4.78 is 0. The predicted octanol–water partition coefficient (Wildman–Crippen LogP) is 3.89. The fourth-order valence-electron chi connectivity index (χ4n) is 9.16. The summed E-state index contributed by atoms with van der Waals surface area (Å²) in [5.74, 6) is 4.45. The van der Waals surface area contributed by atoms with Crippen molar-refractivity contribution >= 4 is 5.91 Å². The number of fused-ring (bicyclic) bond motifs is 5. The predicted molar refractivity (Wildman–Crippen MR) is 126 cm³/mol. The summed E-state index contributed by atoms with van der Waals surface area (Å²) in [6.07, 6.45) is 11.7. The molecule has 0 aromatic heterocycles. The van der Waals surface area contributed by atoms with E-state index in [0.29, 0.717) is 29.1 Å². The minimum atomic E-state index is -0.870. The van der Waals surface area contributed by atoms with Crippen LogP contribution in [-0.2, 0) is 4.79 Å². The van der Waals surface area contributed by atoms with E-state index in [1.54, 1.807) is 0 Å². The Morgan fingerprint density at radius 3 is 2.50 bits per heavy atom. The van der Waals surface area contributed by atoms with Crippen molar-refractivity contribution in [3.05, 3.63) is 0 Å². The van der Waals surface area contributed by atoms with Gasteiger partial charge in [-0.3, -0.25) is 4.79 Å². The highest BCUT2D eigenvalue weighted by molar-refractivity contribution is 5.75. The average molecular weight is 450 g/mol. The van der Waals surface area contributed by atoms with Crippen LogP contribution < -0.4 is 5.32 Å². The number of carbonyl (C=O) groups is 1. The Morgan fingerprint density at radius 1 is 1.03 bits per heavy atom. The second-order valence-corrected chi connectivity index (χ2v) is 12.5. The van der Waals surface area contributed by atoms with E-state index in [9.17, 15) is 15.0 Å². The number of carbonyl (C=O) groups excluding carboxylic acids is 1. The van der Waals surface area contributed by atoms with Gasteiger partial charge in [0.15, 0.2) is 0 Å². The van der Waals surface area contributed by atoms with Gasteiger partial charge in [0.05, 0.1) is 18.8 Å². The molecule has 4 fully saturated rings. The van der Waals surface area contributed by atoms with Gasteiger partial charge >= 0.3 is 0 Å². The van der Waals surface area contributed by atoms with Gasteiger partial charge in [-0.2, -0.15) is 0 Å². The first-order valence-corrected chi connectivity index (χ1v) is 13.4. The number of hydrogen-bond donors (Lipinski definition) is 4. The maximum Gasteiger partial charge on any atom is 0.220 e. The third kappa shape index (κ3) is 4.38. The van der Waals surface area contributed by atoms with Gasteiger partial charge in [-0.05, 0) is 111 Å². The summed E-state index contributed by atoms with van der Waals surface area (Å²) in [4.78, 5) is 12.2. The van der Waals surface area contributed by atoms with Crippen molar-refractivity contribution in [2.24, 2.45) is 46.3 Å². The summed E-state index contributed by atoms with van der Waals surface area (Å²) in [6, 6.07) is 0. The molecule has 184 valence electrons. The van der Waals surface area contributed by atoms with Gasteiger partial charge in [0.25, 0.3) is 0 Å². The largest absolute Gasteiger partial charge is 0.394 e. The highest BCUT2D eigenvalue weighted by Gasteiger charge is 2.60. The Labute approximate surface area is 194 Å². The fourth-order valence-corrected chi connectivity index (χ4v) is 9.16. The third-order valence-corrected chi connectivity index (χ3v) is 11.0. The van der Waals surface area contributed by atoms with Crippen LogP contribution in [0.1, 0.15) is 91.4 Å². The van der Waals surface area contributed by atoms with Gasteiger partial charge < -0.3 is 20.6 Å². The zero-order valence-electron chi connectivity index (χ0n) is 20.6. The van der Waals surface area contributed by atoms with Crippen molar-refractivity contribution in [3.8, 4) is 0 Å². The van der Waals surface area contributed by atoms with Crippen LogP contribution in [0.4, 0.5) is 0 Å². The van der Waals surface area contributed by atoms with Gasteiger partial charge in [0.2, 0.25) is 5.91 Å². The molecule has 1 amide bonds. The van der Waals surface area contributed by atoms with Crippen molar-refractivity contribution in [1.29, 1.82) is 0 Å². The Bertz CT molecular complexity index is 670. The van der Waals surface area contributed by atoms with Crippen LogP contribution in [-0.4, -0.2) is 46.6 Å². The van der Waals surface area contributed by atoms with E-state index in [0.717, 1.165) is 42.9 Å². The number of amides is 1. The Balaban J connectivity index is 1.37. The van der Waals surface area contributed by atoms with Gasteiger partial charge in [-0.1, -0.05) is 20.8 Å². The number of hydrogen-bond acceptors (Lipinski definition) is 4. The highest BCUT2D eigenvalue weighted by Crippen LogP contribution is 2.68. The molecule has 1 unspecified atom stereocenters. The second-order valence-electron chi connectivity index (χ2n) is 12.5.